The molecule has 0 radical (unpaired) electrons. The first-order valence-corrected chi connectivity index (χ1v) is 8.63. The van der Waals surface area contributed by atoms with Gasteiger partial charge >= 0.3 is 0 Å². The predicted octanol–water partition coefficient (Wildman–Crippen LogP) is 4.71. The van der Waals surface area contributed by atoms with Crippen LogP contribution in [0.3, 0.4) is 0 Å². The molecule has 0 aliphatic rings. The molecule has 0 fully saturated rings. The first-order valence-electron chi connectivity index (χ1n) is 8.63. The predicted molar refractivity (Wildman–Crippen MR) is 101 cm³/mol. The number of aromatic hydroxyl groups is 1. The van der Waals surface area contributed by atoms with Crippen LogP contribution in [0.1, 0.15) is 31.7 Å². The minimum Gasteiger partial charge on any atom is -0.508 e. The number of hydrogen-bond donors (Lipinski definition) is 2. The first kappa shape index (κ1) is 18.0. The largest absolute Gasteiger partial charge is 0.508 e. The molecule has 1 unspecified atom stereocenters. The van der Waals surface area contributed by atoms with Gasteiger partial charge in [-0.2, -0.15) is 0 Å². The molecule has 0 saturated carbocycles. The smallest absolute Gasteiger partial charge is 0.136 e. The number of benzene rings is 2. The van der Waals surface area contributed by atoms with Crippen molar-refractivity contribution in [2.75, 3.05) is 0 Å². The highest BCUT2D eigenvalue weighted by molar-refractivity contribution is 5.79. The lowest BCUT2D eigenvalue weighted by molar-refractivity contribution is 0.182. The second kappa shape index (κ2) is 8.06. The van der Waals surface area contributed by atoms with E-state index < -0.39 is 5.82 Å². The number of aliphatic hydroxyl groups excluding tert-OH is 1. The molecule has 2 N–H and O–H groups in total. The Kier molecular flexibility index (Phi) is 5.58. The lowest BCUT2D eigenvalue weighted by Gasteiger charge is -2.05. The third-order valence-electron chi connectivity index (χ3n) is 4.10. The number of nitrogens with zero attached hydrogens (tertiary/aromatic N) is 2. The summed E-state index contributed by atoms with van der Waals surface area (Å²) in [5.41, 5.74) is 3.17. The highest BCUT2D eigenvalue weighted by Gasteiger charge is 2.09. The second-order valence-electron chi connectivity index (χ2n) is 6.35. The van der Waals surface area contributed by atoms with Gasteiger partial charge < -0.3 is 10.2 Å². The molecular weight excluding hydrogens is 331 g/mol. The summed E-state index contributed by atoms with van der Waals surface area (Å²) in [6.45, 7) is 1.80. The molecule has 0 aliphatic heterocycles. The summed E-state index contributed by atoms with van der Waals surface area (Å²) in [6, 6.07) is 9.72. The number of halogens is 1. The van der Waals surface area contributed by atoms with Gasteiger partial charge in [-0.25, -0.2) is 9.37 Å². The van der Waals surface area contributed by atoms with Crippen molar-refractivity contribution in [1.29, 1.82) is 0 Å². The highest BCUT2D eigenvalue weighted by Crippen LogP contribution is 2.25. The van der Waals surface area contributed by atoms with Crippen molar-refractivity contribution < 1.29 is 14.6 Å². The normalized spacial score (nSPS) is 12.7. The van der Waals surface area contributed by atoms with E-state index in [4.69, 9.17) is 0 Å². The summed E-state index contributed by atoms with van der Waals surface area (Å²) in [4.78, 5) is 8.86. The number of aliphatic hydroxyl groups is 1. The fourth-order valence-electron chi connectivity index (χ4n) is 2.72. The van der Waals surface area contributed by atoms with Crippen LogP contribution in [0.15, 0.2) is 48.7 Å². The van der Waals surface area contributed by atoms with E-state index in [0.717, 1.165) is 36.4 Å². The molecule has 1 heterocycles. The van der Waals surface area contributed by atoms with Gasteiger partial charge in [0, 0.05) is 11.6 Å². The van der Waals surface area contributed by atoms with Crippen LogP contribution in [0.5, 0.6) is 5.75 Å². The Morgan fingerprint density at radius 1 is 1.15 bits per heavy atom. The maximum atomic E-state index is 14.0. The molecule has 5 heteroatoms. The van der Waals surface area contributed by atoms with Gasteiger partial charge in [-0.05, 0) is 56.0 Å². The molecule has 134 valence electrons. The molecule has 3 rings (SSSR count). The van der Waals surface area contributed by atoms with Crippen molar-refractivity contribution in [2.24, 2.45) is 0 Å². The summed E-state index contributed by atoms with van der Waals surface area (Å²) in [7, 11) is 0. The topological polar surface area (TPSA) is 66.2 Å². The third kappa shape index (κ3) is 4.43. The summed E-state index contributed by atoms with van der Waals surface area (Å²) in [5, 5.41) is 18.6. The van der Waals surface area contributed by atoms with E-state index in [-0.39, 0.29) is 11.9 Å². The summed E-state index contributed by atoms with van der Waals surface area (Å²) in [5.74, 6) is -0.653. The fraction of sp³-hybridized carbons (Fsp3) is 0.238. The van der Waals surface area contributed by atoms with Gasteiger partial charge in [-0.15, -0.1) is 0 Å². The second-order valence-corrected chi connectivity index (χ2v) is 6.35. The van der Waals surface area contributed by atoms with Gasteiger partial charge in [0.2, 0.25) is 0 Å². The lowest BCUT2D eigenvalue weighted by atomic mass is 10.1. The molecule has 2 aromatic carbocycles. The van der Waals surface area contributed by atoms with Crippen molar-refractivity contribution in [3.63, 3.8) is 0 Å². The average Bonchev–Trinajstić information content (AvgIpc) is 2.61. The van der Waals surface area contributed by atoms with Gasteiger partial charge in [0.25, 0.3) is 0 Å². The molecule has 0 aliphatic carbocycles. The molecule has 1 aromatic heterocycles. The molecule has 4 nitrogen and oxygen atoms in total. The van der Waals surface area contributed by atoms with Gasteiger partial charge in [0.15, 0.2) is 0 Å². The number of rotatable bonds is 6. The number of phenols is 1. The fourth-order valence-corrected chi connectivity index (χ4v) is 2.72. The Balaban J connectivity index is 1.78. The zero-order chi connectivity index (χ0) is 18.5. The van der Waals surface area contributed by atoms with Crippen molar-refractivity contribution in [3.8, 4) is 17.0 Å². The average molecular weight is 352 g/mol. The number of allylic oxidation sites excluding steroid dienone is 1. The van der Waals surface area contributed by atoms with E-state index in [1.165, 1.54) is 18.3 Å². The molecule has 0 amide bonds. The van der Waals surface area contributed by atoms with Crippen LogP contribution < -0.4 is 0 Å². The Bertz CT molecular complexity index is 938. The molecule has 0 spiro atoms. The first-order chi connectivity index (χ1) is 12.5. The van der Waals surface area contributed by atoms with Crippen molar-refractivity contribution in [1.82, 2.24) is 9.97 Å². The molecule has 26 heavy (non-hydrogen) atoms. The van der Waals surface area contributed by atoms with Crippen LogP contribution in [0, 0.1) is 5.82 Å². The molecular formula is C21H21FN2O2. The van der Waals surface area contributed by atoms with E-state index in [2.05, 4.69) is 16.0 Å². The van der Waals surface area contributed by atoms with E-state index in [9.17, 15) is 14.6 Å². The Morgan fingerprint density at radius 3 is 2.77 bits per heavy atom. The van der Waals surface area contributed by atoms with Crippen molar-refractivity contribution in [3.05, 3.63) is 60.1 Å². The monoisotopic (exact) mass is 352 g/mol. The SMILES string of the molecule is CC(O)CCC/C=C/c1ccc2nc(-c3ccc(O)cc3F)cnc2c1. The van der Waals surface area contributed by atoms with Crippen LogP contribution in [0.25, 0.3) is 28.4 Å². The number of hydrogen-bond acceptors (Lipinski definition) is 4. The number of fused-ring (bicyclic) bond motifs is 1. The zero-order valence-corrected chi connectivity index (χ0v) is 14.6. The van der Waals surface area contributed by atoms with E-state index in [1.807, 2.05) is 24.3 Å². The standard InChI is InChI=1S/C21H21FN2O2/c1-14(25)5-3-2-4-6-15-7-10-19-20(11-15)23-13-21(24-19)17-9-8-16(26)12-18(17)22/h4,6-14,25-26H,2-3,5H2,1H3/b6-4+. The van der Waals surface area contributed by atoms with Gasteiger partial charge in [0.1, 0.15) is 11.6 Å². The number of unbranched alkanes of at least 4 members (excludes halogenated alkanes) is 1. The number of aromatic nitrogens is 2. The van der Waals surface area contributed by atoms with Crippen LogP contribution in [-0.2, 0) is 0 Å². The molecule has 0 bridgehead atoms. The van der Waals surface area contributed by atoms with Crippen molar-refractivity contribution >= 4 is 17.1 Å². The quantitative estimate of drug-likeness (QED) is 0.631. The molecule has 3 aromatic rings. The van der Waals surface area contributed by atoms with Crippen LogP contribution in [0.4, 0.5) is 4.39 Å². The van der Waals surface area contributed by atoms with Crippen molar-refractivity contribution in [2.45, 2.75) is 32.3 Å². The Hall–Kier alpha value is -2.79. The van der Waals surface area contributed by atoms with Crippen LogP contribution >= 0.6 is 0 Å². The van der Waals surface area contributed by atoms with Gasteiger partial charge in [-0.1, -0.05) is 18.2 Å². The Morgan fingerprint density at radius 2 is 2.00 bits per heavy atom. The third-order valence-corrected chi connectivity index (χ3v) is 4.10. The van der Waals surface area contributed by atoms with E-state index in [1.54, 1.807) is 6.92 Å². The summed E-state index contributed by atoms with van der Waals surface area (Å²) < 4.78 is 14.0. The highest BCUT2D eigenvalue weighted by atomic mass is 19.1. The minimum absolute atomic E-state index is 0.120. The summed E-state index contributed by atoms with van der Waals surface area (Å²) >= 11 is 0. The van der Waals surface area contributed by atoms with Gasteiger partial charge in [-0.3, -0.25) is 4.98 Å². The van der Waals surface area contributed by atoms with E-state index >= 15 is 0 Å². The number of phenolic OH excluding ortho intramolecular Hbond substituents is 1. The van der Waals surface area contributed by atoms with Gasteiger partial charge in [0.05, 0.1) is 29.0 Å². The van der Waals surface area contributed by atoms with Crippen LogP contribution in [0.2, 0.25) is 0 Å². The molecule has 1 atom stereocenters. The Labute approximate surface area is 151 Å². The zero-order valence-electron chi connectivity index (χ0n) is 14.6. The molecule has 0 saturated heterocycles. The maximum Gasteiger partial charge on any atom is 0.136 e. The lowest BCUT2D eigenvalue weighted by Crippen LogP contribution is -1.97. The van der Waals surface area contributed by atoms with E-state index in [0.29, 0.717) is 16.8 Å². The van der Waals surface area contributed by atoms with Crippen LogP contribution in [-0.4, -0.2) is 26.3 Å². The maximum absolute atomic E-state index is 14.0. The summed E-state index contributed by atoms with van der Waals surface area (Å²) in [6.07, 6.45) is 8.04. The minimum atomic E-state index is -0.532.